The summed E-state index contributed by atoms with van der Waals surface area (Å²) in [5.74, 6) is 0.152. The van der Waals surface area contributed by atoms with E-state index in [1.165, 1.54) is 23.9 Å². The quantitative estimate of drug-likeness (QED) is 0.831. The van der Waals surface area contributed by atoms with E-state index in [1.807, 2.05) is 0 Å². The van der Waals surface area contributed by atoms with Crippen molar-refractivity contribution < 1.29 is 19.7 Å². The molecule has 1 atom stereocenters. The van der Waals surface area contributed by atoms with Crippen molar-refractivity contribution in [2.75, 3.05) is 5.75 Å². The minimum Gasteiger partial charge on any atom is -0.508 e. The summed E-state index contributed by atoms with van der Waals surface area (Å²) in [7, 11) is 0. The van der Waals surface area contributed by atoms with E-state index in [4.69, 9.17) is 4.74 Å². The highest BCUT2D eigenvalue weighted by molar-refractivity contribution is 8.14. The molecule has 0 saturated carbocycles. The number of phenols is 2. The fourth-order valence-corrected chi connectivity index (χ4v) is 2.80. The van der Waals surface area contributed by atoms with Crippen LogP contribution in [0.3, 0.4) is 0 Å². The van der Waals surface area contributed by atoms with Gasteiger partial charge in [0.15, 0.2) is 0 Å². The number of aromatic hydroxyl groups is 2. The monoisotopic (exact) mass is 281 g/mol. The maximum Gasteiger partial charge on any atom is 0.307 e. The number of thioether (sulfide) groups is 1. The first-order valence-corrected chi connectivity index (χ1v) is 6.89. The minimum absolute atomic E-state index is 0.00924. The van der Waals surface area contributed by atoms with Crippen LogP contribution in [0.2, 0.25) is 0 Å². The Morgan fingerprint density at radius 3 is 2.89 bits per heavy atom. The van der Waals surface area contributed by atoms with E-state index in [-0.39, 0.29) is 17.5 Å². The molecule has 1 heterocycles. The summed E-state index contributed by atoms with van der Waals surface area (Å²) in [6, 6.07) is 4.32. The second-order valence-corrected chi connectivity index (χ2v) is 5.37. The third kappa shape index (κ3) is 3.01. The first-order valence-electron chi connectivity index (χ1n) is 5.90. The fraction of sp³-hybridized carbons (Fsp3) is 0.385. The number of aliphatic imine (C=N–C) groups is 1. The van der Waals surface area contributed by atoms with Gasteiger partial charge in [-0.2, -0.15) is 0 Å². The predicted octanol–water partition coefficient (Wildman–Crippen LogP) is 2.26. The van der Waals surface area contributed by atoms with Crippen LogP contribution in [-0.4, -0.2) is 32.7 Å². The molecule has 0 spiro atoms. The number of hydrogen-bond acceptors (Lipinski definition) is 6. The molecule has 0 aromatic heterocycles. The minimum atomic E-state index is -0.891. The van der Waals surface area contributed by atoms with Crippen LogP contribution in [0.15, 0.2) is 23.2 Å². The molecule has 0 unspecified atom stereocenters. The van der Waals surface area contributed by atoms with Crippen LogP contribution in [0.4, 0.5) is 0 Å². The zero-order valence-corrected chi connectivity index (χ0v) is 11.5. The van der Waals surface area contributed by atoms with Crippen molar-refractivity contribution in [2.24, 2.45) is 4.99 Å². The highest BCUT2D eigenvalue weighted by Crippen LogP contribution is 2.35. The number of hydrogen-bond donors (Lipinski definition) is 2. The maximum atomic E-state index is 11.3. The SMILES string of the molecule is CCC(=O)O[C@@]1(C)CSC(c2ccc(O)cc2O)=N1. The van der Waals surface area contributed by atoms with E-state index in [0.717, 1.165) is 0 Å². The predicted molar refractivity (Wildman–Crippen MR) is 73.6 cm³/mol. The first kappa shape index (κ1) is 13.7. The van der Waals surface area contributed by atoms with Crippen molar-refractivity contribution in [3.8, 4) is 11.5 Å². The average molecular weight is 281 g/mol. The number of esters is 1. The van der Waals surface area contributed by atoms with Gasteiger partial charge in [0.25, 0.3) is 0 Å². The van der Waals surface area contributed by atoms with Gasteiger partial charge in [-0.3, -0.25) is 4.79 Å². The van der Waals surface area contributed by atoms with Crippen LogP contribution in [0.5, 0.6) is 11.5 Å². The molecule has 0 radical (unpaired) electrons. The molecule has 2 N–H and O–H groups in total. The van der Waals surface area contributed by atoms with Gasteiger partial charge in [0.05, 0.1) is 5.75 Å². The summed E-state index contributed by atoms with van der Waals surface area (Å²) in [5.41, 5.74) is -0.365. The van der Waals surface area contributed by atoms with Gasteiger partial charge in [0.1, 0.15) is 16.5 Å². The van der Waals surface area contributed by atoms with Gasteiger partial charge in [-0.15, -0.1) is 0 Å². The molecule has 19 heavy (non-hydrogen) atoms. The van der Waals surface area contributed by atoms with Crippen molar-refractivity contribution in [3.05, 3.63) is 23.8 Å². The topological polar surface area (TPSA) is 79.1 Å². The van der Waals surface area contributed by atoms with E-state index in [1.54, 1.807) is 19.9 Å². The summed E-state index contributed by atoms with van der Waals surface area (Å²) < 4.78 is 5.29. The van der Waals surface area contributed by atoms with Gasteiger partial charge in [0.2, 0.25) is 5.72 Å². The van der Waals surface area contributed by atoms with Crippen LogP contribution in [0, 0.1) is 0 Å². The van der Waals surface area contributed by atoms with Crippen molar-refractivity contribution in [1.82, 2.24) is 0 Å². The van der Waals surface area contributed by atoms with E-state index in [2.05, 4.69) is 4.99 Å². The zero-order valence-electron chi connectivity index (χ0n) is 10.7. The highest BCUT2D eigenvalue weighted by Gasteiger charge is 2.35. The van der Waals surface area contributed by atoms with E-state index < -0.39 is 5.72 Å². The summed E-state index contributed by atoms with van der Waals surface area (Å²) >= 11 is 1.41. The lowest BCUT2D eigenvalue weighted by Gasteiger charge is -2.19. The molecule has 0 saturated heterocycles. The van der Waals surface area contributed by atoms with Gasteiger partial charge in [-0.05, 0) is 19.1 Å². The number of carbonyl (C=O) groups is 1. The second kappa shape index (κ2) is 5.13. The van der Waals surface area contributed by atoms with Gasteiger partial charge >= 0.3 is 5.97 Å². The third-order valence-electron chi connectivity index (χ3n) is 2.65. The standard InChI is InChI=1S/C13H15NO4S/c1-3-11(17)18-13(2)7-19-12(14-13)9-5-4-8(15)6-10(9)16/h4-6,15-16H,3,7H2,1-2H3/t13-/m0/s1. The Bertz CT molecular complexity index is 543. The van der Waals surface area contributed by atoms with Crippen LogP contribution in [0.1, 0.15) is 25.8 Å². The average Bonchev–Trinajstić information content (AvgIpc) is 2.71. The van der Waals surface area contributed by atoms with E-state index in [9.17, 15) is 15.0 Å². The number of phenolic OH excluding ortho intramolecular Hbond substituents is 2. The second-order valence-electron chi connectivity index (χ2n) is 4.41. The van der Waals surface area contributed by atoms with Crippen LogP contribution >= 0.6 is 11.8 Å². The Hall–Kier alpha value is -1.69. The molecule has 1 aromatic rings. The van der Waals surface area contributed by atoms with E-state index >= 15 is 0 Å². The first-order chi connectivity index (χ1) is 8.93. The molecular weight excluding hydrogens is 266 g/mol. The van der Waals surface area contributed by atoms with Crippen LogP contribution in [0.25, 0.3) is 0 Å². The number of nitrogens with zero attached hydrogens (tertiary/aromatic N) is 1. The number of ether oxygens (including phenoxy) is 1. The smallest absolute Gasteiger partial charge is 0.307 e. The van der Waals surface area contributed by atoms with Gasteiger partial charge in [-0.25, -0.2) is 4.99 Å². The summed E-state index contributed by atoms with van der Waals surface area (Å²) in [6.45, 7) is 3.46. The normalized spacial score (nSPS) is 22.1. The van der Waals surface area contributed by atoms with Gasteiger partial charge in [0, 0.05) is 18.1 Å². The lowest BCUT2D eigenvalue weighted by atomic mass is 10.2. The third-order valence-corrected chi connectivity index (χ3v) is 3.91. The van der Waals surface area contributed by atoms with Crippen molar-refractivity contribution in [1.29, 1.82) is 0 Å². The van der Waals surface area contributed by atoms with Crippen molar-refractivity contribution >= 4 is 22.8 Å². The molecule has 2 rings (SSSR count). The van der Waals surface area contributed by atoms with Gasteiger partial charge < -0.3 is 14.9 Å². The summed E-state index contributed by atoms with van der Waals surface area (Å²) in [6.07, 6.45) is 0.301. The molecule has 0 amide bonds. The zero-order chi connectivity index (χ0) is 14.0. The molecular formula is C13H15NO4S. The number of benzene rings is 1. The Morgan fingerprint density at radius 1 is 1.53 bits per heavy atom. The van der Waals surface area contributed by atoms with E-state index in [0.29, 0.717) is 22.8 Å². The Kier molecular flexibility index (Phi) is 3.71. The summed E-state index contributed by atoms with van der Waals surface area (Å²) in [5, 5.41) is 19.6. The molecule has 0 bridgehead atoms. The lowest BCUT2D eigenvalue weighted by Crippen LogP contribution is -2.29. The number of rotatable bonds is 3. The van der Waals surface area contributed by atoms with Crippen molar-refractivity contribution in [3.63, 3.8) is 0 Å². The fourth-order valence-electron chi connectivity index (χ4n) is 1.69. The molecule has 1 aliphatic heterocycles. The Morgan fingerprint density at radius 2 is 2.26 bits per heavy atom. The molecule has 5 nitrogen and oxygen atoms in total. The molecule has 1 aliphatic rings. The van der Waals surface area contributed by atoms with Crippen molar-refractivity contribution in [2.45, 2.75) is 26.0 Å². The number of carbonyl (C=O) groups excluding carboxylic acids is 1. The Labute approximate surface area is 115 Å². The molecule has 6 heteroatoms. The highest BCUT2D eigenvalue weighted by atomic mass is 32.2. The largest absolute Gasteiger partial charge is 0.508 e. The summed E-state index contributed by atoms with van der Waals surface area (Å²) in [4.78, 5) is 15.7. The van der Waals surface area contributed by atoms with Crippen LogP contribution in [-0.2, 0) is 9.53 Å². The molecule has 0 fully saturated rings. The lowest BCUT2D eigenvalue weighted by molar-refractivity contribution is -0.154. The molecule has 102 valence electrons. The Balaban J connectivity index is 2.25. The maximum absolute atomic E-state index is 11.3. The van der Waals surface area contributed by atoms with Crippen LogP contribution < -0.4 is 0 Å². The molecule has 0 aliphatic carbocycles. The van der Waals surface area contributed by atoms with Gasteiger partial charge in [-0.1, -0.05) is 18.7 Å². The molecule has 1 aromatic carbocycles.